The van der Waals surface area contributed by atoms with Gasteiger partial charge in [-0.25, -0.2) is 0 Å². The highest BCUT2D eigenvalue weighted by molar-refractivity contribution is 5.90. The summed E-state index contributed by atoms with van der Waals surface area (Å²) >= 11 is 0. The van der Waals surface area contributed by atoms with Gasteiger partial charge in [0.2, 0.25) is 0 Å². The zero-order chi connectivity index (χ0) is 26.8. The van der Waals surface area contributed by atoms with Gasteiger partial charge in [0, 0.05) is 26.1 Å². The molecule has 0 spiro atoms. The Labute approximate surface area is 220 Å². The van der Waals surface area contributed by atoms with Gasteiger partial charge in [-0.1, -0.05) is 38.8 Å². The van der Waals surface area contributed by atoms with Gasteiger partial charge in [0.25, 0.3) is 0 Å². The molecule has 3 saturated carbocycles. The van der Waals surface area contributed by atoms with Crippen LogP contribution in [-0.4, -0.2) is 69.6 Å². The molecule has 208 valence electrons. The molecule has 7 unspecified atom stereocenters. The van der Waals surface area contributed by atoms with Crippen molar-refractivity contribution >= 4 is 12.3 Å². The smallest absolute Gasteiger partial charge is 0.315 e. The molecule has 37 heavy (non-hydrogen) atoms. The van der Waals surface area contributed by atoms with E-state index >= 15 is 0 Å². The van der Waals surface area contributed by atoms with Crippen LogP contribution in [0.4, 0.5) is 0 Å². The molecular weight excluding hydrogens is 476 g/mol. The number of fused-ring (bicyclic) bond motifs is 2. The molecule has 8 nitrogen and oxygen atoms in total. The maximum atomic E-state index is 13.6. The highest BCUT2D eigenvalue weighted by atomic mass is 16.7. The van der Waals surface area contributed by atoms with Crippen molar-refractivity contribution in [2.75, 3.05) is 27.6 Å². The van der Waals surface area contributed by atoms with Crippen LogP contribution in [-0.2, 0) is 33.3 Å². The number of hydrogen-bond acceptors (Lipinski definition) is 7. The van der Waals surface area contributed by atoms with Crippen molar-refractivity contribution in [3.63, 3.8) is 0 Å². The molecule has 11 atom stereocenters. The van der Waals surface area contributed by atoms with Crippen LogP contribution in [0.15, 0.2) is 11.6 Å². The van der Waals surface area contributed by atoms with Crippen molar-refractivity contribution in [2.24, 2.45) is 45.8 Å². The fraction of sp³-hybridized carbons (Fsp3) is 0.862. The Hall–Kier alpha value is -1.32. The molecule has 1 N–H and O–H groups in total. The second-order valence-electron chi connectivity index (χ2n) is 12.6. The fourth-order valence-electron chi connectivity index (χ4n) is 9.64. The van der Waals surface area contributed by atoms with E-state index in [1.165, 1.54) is 0 Å². The molecule has 8 heteroatoms. The number of carboxylic acids is 1. The lowest BCUT2D eigenvalue weighted by Gasteiger charge is -2.58. The molecule has 0 amide bonds. The summed E-state index contributed by atoms with van der Waals surface area (Å²) in [6.07, 6.45) is 5.70. The molecule has 0 aromatic heterocycles. The Balaban J connectivity index is 1.50. The van der Waals surface area contributed by atoms with E-state index in [0.717, 1.165) is 31.1 Å². The van der Waals surface area contributed by atoms with Gasteiger partial charge >= 0.3 is 5.97 Å². The van der Waals surface area contributed by atoms with Crippen molar-refractivity contribution in [2.45, 2.75) is 84.4 Å². The summed E-state index contributed by atoms with van der Waals surface area (Å²) < 4.78 is 29.4. The summed E-state index contributed by atoms with van der Waals surface area (Å²) in [5.74, 6) is 0.0767. The molecule has 1 saturated heterocycles. The summed E-state index contributed by atoms with van der Waals surface area (Å²) in [7, 11) is 3.22. The van der Waals surface area contributed by atoms with Crippen LogP contribution in [0.1, 0.15) is 59.8 Å². The molecule has 4 aliphatic carbocycles. The molecule has 4 fully saturated rings. The number of aldehydes is 1. The first-order chi connectivity index (χ1) is 17.6. The van der Waals surface area contributed by atoms with E-state index in [9.17, 15) is 14.7 Å². The number of hydrogen-bond donors (Lipinski definition) is 1. The van der Waals surface area contributed by atoms with E-state index in [4.69, 9.17) is 23.7 Å². The Morgan fingerprint density at radius 2 is 1.97 bits per heavy atom. The summed E-state index contributed by atoms with van der Waals surface area (Å²) in [6, 6.07) is 0. The van der Waals surface area contributed by atoms with Gasteiger partial charge < -0.3 is 33.6 Å². The molecular formula is C29H44O8. The topological polar surface area (TPSA) is 101 Å². The van der Waals surface area contributed by atoms with Crippen LogP contribution in [0.25, 0.3) is 0 Å². The van der Waals surface area contributed by atoms with Gasteiger partial charge in [0.1, 0.15) is 24.6 Å². The number of carbonyl (C=O) groups is 2. The van der Waals surface area contributed by atoms with Crippen LogP contribution >= 0.6 is 0 Å². The first-order valence-corrected chi connectivity index (χ1v) is 14.0. The summed E-state index contributed by atoms with van der Waals surface area (Å²) in [4.78, 5) is 26.7. The summed E-state index contributed by atoms with van der Waals surface area (Å²) in [5, 5.41) is 11.1. The van der Waals surface area contributed by atoms with Crippen molar-refractivity contribution < 1.29 is 38.4 Å². The molecule has 0 aromatic rings. The lowest BCUT2D eigenvalue weighted by molar-refractivity contribution is -0.279. The second kappa shape index (κ2) is 9.70. The number of carboxylic acid groups (broad SMARTS) is 1. The van der Waals surface area contributed by atoms with Crippen LogP contribution in [0, 0.1) is 45.8 Å². The zero-order valence-electron chi connectivity index (χ0n) is 23.1. The maximum absolute atomic E-state index is 13.6. The summed E-state index contributed by atoms with van der Waals surface area (Å²) in [5.41, 5.74) is -1.88. The molecule has 1 aliphatic heterocycles. The number of ether oxygens (including phenoxy) is 5. The maximum Gasteiger partial charge on any atom is 0.315 e. The third-order valence-electron chi connectivity index (χ3n) is 10.9. The van der Waals surface area contributed by atoms with Crippen LogP contribution in [0.3, 0.4) is 0 Å². The van der Waals surface area contributed by atoms with Crippen molar-refractivity contribution in [3.05, 3.63) is 11.6 Å². The average Bonchev–Trinajstić information content (AvgIpc) is 3.43. The third-order valence-corrected chi connectivity index (χ3v) is 10.9. The number of methoxy groups -OCH3 is 2. The number of allylic oxidation sites excluding steroid dienone is 1. The first-order valence-electron chi connectivity index (χ1n) is 14.0. The minimum absolute atomic E-state index is 0.00252. The summed E-state index contributed by atoms with van der Waals surface area (Å²) in [6.45, 7) is 8.71. The number of carbonyl (C=O) groups excluding carboxylic acids is 1. The standard InChI is InChI=1S/C29H44O8/c1-16(2)22-9-19-11-27(13-30)21-8-7-17(3)20(21)12-28(19,29(22,27)26(31)32)14-35-24-10-23(36-15-33-5)25(34-6)18(4)37-24/h9,13,16-21,23-25H,7-8,10-12,14-15H2,1-6H3,(H,31,32)/t17?,18-,19?,20?,21?,23+,24-,25-,27?,28?,29?/m1/s1. The third kappa shape index (κ3) is 3.51. The van der Waals surface area contributed by atoms with Crippen molar-refractivity contribution in [1.82, 2.24) is 0 Å². The normalized spacial score (nSPS) is 48.2. The van der Waals surface area contributed by atoms with E-state index in [0.29, 0.717) is 24.7 Å². The van der Waals surface area contributed by atoms with Crippen LogP contribution < -0.4 is 0 Å². The minimum atomic E-state index is -1.24. The SMILES string of the molecule is COCO[C@H]1C[C@H](OCC23CC4C(C)CCC4C4(C=O)CC2C=C(C(C)C)C43C(=O)O)O[C@H](C)[C@H]1OC. The Morgan fingerprint density at radius 1 is 1.22 bits per heavy atom. The first kappa shape index (κ1) is 27.3. The lowest BCUT2D eigenvalue weighted by Crippen LogP contribution is -2.64. The van der Waals surface area contributed by atoms with E-state index in [2.05, 4.69) is 26.8 Å². The van der Waals surface area contributed by atoms with Gasteiger partial charge in [-0.2, -0.15) is 0 Å². The Kier molecular flexibility index (Phi) is 7.15. The molecule has 5 rings (SSSR count). The van der Waals surface area contributed by atoms with E-state index in [1.54, 1.807) is 14.2 Å². The quantitative estimate of drug-likeness (QED) is 0.261. The second-order valence-corrected chi connectivity index (χ2v) is 12.6. The van der Waals surface area contributed by atoms with Crippen LogP contribution in [0.5, 0.6) is 0 Å². The largest absolute Gasteiger partial charge is 0.481 e. The van der Waals surface area contributed by atoms with Gasteiger partial charge in [-0.05, 0) is 55.8 Å². The lowest BCUT2D eigenvalue weighted by atomic mass is 9.43. The highest BCUT2D eigenvalue weighted by Crippen LogP contribution is 2.82. The monoisotopic (exact) mass is 520 g/mol. The molecule has 4 bridgehead atoms. The average molecular weight is 521 g/mol. The van der Waals surface area contributed by atoms with E-state index in [1.807, 2.05) is 6.92 Å². The van der Waals surface area contributed by atoms with Gasteiger partial charge in [0.15, 0.2) is 6.29 Å². The van der Waals surface area contributed by atoms with Crippen molar-refractivity contribution in [1.29, 1.82) is 0 Å². The van der Waals surface area contributed by atoms with E-state index in [-0.39, 0.29) is 49.5 Å². The van der Waals surface area contributed by atoms with Gasteiger partial charge in [-0.3, -0.25) is 4.79 Å². The highest BCUT2D eigenvalue weighted by Gasteiger charge is 2.84. The van der Waals surface area contributed by atoms with Gasteiger partial charge in [-0.15, -0.1) is 0 Å². The predicted octanol–water partition coefficient (Wildman–Crippen LogP) is 4.07. The number of rotatable bonds is 10. The zero-order valence-corrected chi connectivity index (χ0v) is 23.1. The molecule has 5 aliphatic rings. The predicted molar refractivity (Wildman–Crippen MR) is 134 cm³/mol. The Morgan fingerprint density at radius 3 is 2.59 bits per heavy atom. The number of aliphatic carboxylic acids is 1. The molecule has 0 aromatic carbocycles. The Bertz CT molecular complexity index is 933. The minimum Gasteiger partial charge on any atom is -0.481 e. The molecule has 0 radical (unpaired) electrons. The van der Waals surface area contributed by atoms with Gasteiger partial charge in [0.05, 0.1) is 24.2 Å². The van der Waals surface area contributed by atoms with Crippen molar-refractivity contribution in [3.8, 4) is 0 Å². The van der Waals surface area contributed by atoms with E-state index < -0.39 is 28.5 Å². The fourth-order valence-corrected chi connectivity index (χ4v) is 9.64. The van der Waals surface area contributed by atoms with Crippen LogP contribution in [0.2, 0.25) is 0 Å². The molecule has 1 heterocycles.